The van der Waals surface area contributed by atoms with Gasteiger partial charge in [-0.2, -0.15) is 0 Å². The Balaban J connectivity index is 1.96. The molecule has 1 fully saturated rings. The van der Waals surface area contributed by atoms with Gasteiger partial charge in [-0.1, -0.05) is 47.1 Å². The van der Waals surface area contributed by atoms with E-state index in [1.54, 1.807) is 4.88 Å². The fourth-order valence-corrected chi connectivity index (χ4v) is 4.40. The van der Waals surface area contributed by atoms with Crippen LogP contribution in [0.1, 0.15) is 65.2 Å². The van der Waals surface area contributed by atoms with E-state index in [0.29, 0.717) is 10.8 Å². The van der Waals surface area contributed by atoms with Crippen LogP contribution in [0, 0.1) is 17.3 Å². The van der Waals surface area contributed by atoms with E-state index in [-0.39, 0.29) is 0 Å². The zero-order valence-corrected chi connectivity index (χ0v) is 13.4. The summed E-state index contributed by atoms with van der Waals surface area (Å²) in [5.41, 5.74) is 0.868. The minimum Gasteiger partial charge on any atom is -0.148 e. The van der Waals surface area contributed by atoms with E-state index in [1.807, 2.05) is 11.3 Å². The first-order valence-corrected chi connectivity index (χ1v) is 8.21. The van der Waals surface area contributed by atoms with Crippen LogP contribution in [0.3, 0.4) is 0 Å². The lowest BCUT2D eigenvalue weighted by atomic mass is 9.77. The molecular weight excluding hydrogens is 236 g/mol. The van der Waals surface area contributed by atoms with E-state index in [0.717, 1.165) is 11.8 Å². The van der Waals surface area contributed by atoms with E-state index >= 15 is 0 Å². The van der Waals surface area contributed by atoms with Crippen molar-refractivity contribution in [2.24, 2.45) is 17.3 Å². The van der Waals surface area contributed by atoms with Crippen LogP contribution < -0.4 is 0 Å². The van der Waals surface area contributed by atoms with Gasteiger partial charge < -0.3 is 0 Å². The maximum Gasteiger partial charge on any atom is 0.0102 e. The van der Waals surface area contributed by atoms with Crippen LogP contribution in [0.25, 0.3) is 0 Å². The molecule has 2 unspecified atom stereocenters. The maximum absolute atomic E-state index is 2.42. The van der Waals surface area contributed by atoms with Crippen molar-refractivity contribution >= 4 is 11.3 Å². The molecule has 1 aliphatic rings. The van der Waals surface area contributed by atoms with E-state index in [9.17, 15) is 0 Å². The molecule has 0 aromatic carbocycles. The van der Waals surface area contributed by atoms with Gasteiger partial charge >= 0.3 is 0 Å². The Bertz CT molecular complexity index is 367. The predicted molar refractivity (Wildman–Crippen MR) is 82.2 cm³/mol. The highest BCUT2D eigenvalue weighted by Crippen LogP contribution is 2.46. The van der Waals surface area contributed by atoms with Crippen molar-refractivity contribution in [3.05, 3.63) is 22.4 Å². The van der Waals surface area contributed by atoms with Gasteiger partial charge in [0.15, 0.2) is 0 Å². The second kappa shape index (κ2) is 5.00. The Labute approximate surface area is 117 Å². The number of hydrogen-bond acceptors (Lipinski definition) is 1. The van der Waals surface area contributed by atoms with Gasteiger partial charge in [-0.05, 0) is 53.4 Å². The van der Waals surface area contributed by atoms with E-state index in [4.69, 9.17) is 0 Å². The SMILES string of the molecule is CC(C)(CC1CCC(C(C)(C)C)C1)c1cccs1. The quantitative estimate of drug-likeness (QED) is 0.639. The lowest BCUT2D eigenvalue weighted by Crippen LogP contribution is -2.21. The molecule has 0 radical (unpaired) electrons. The molecule has 1 aromatic rings. The predicted octanol–water partition coefficient (Wildman–Crippen LogP) is 5.88. The highest BCUT2D eigenvalue weighted by Gasteiger charge is 2.36. The van der Waals surface area contributed by atoms with Gasteiger partial charge in [-0.15, -0.1) is 11.3 Å². The van der Waals surface area contributed by atoms with Crippen LogP contribution >= 0.6 is 11.3 Å². The van der Waals surface area contributed by atoms with E-state index < -0.39 is 0 Å². The summed E-state index contributed by atoms with van der Waals surface area (Å²) < 4.78 is 0. The Morgan fingerprint density at radius 2 is 1.89 bits per heavy atom. The van der Waals surface area contributed by atoms with Crippen LogP contribution in [0.4, 0.5) is 0 Å². The summed E-state index contributed by atoms with van der Waals surface area (Å²) in [6.45, 7) is 12.1. The van der Waals surface area contributed by atoms with Crippen molar-refractivity contribution in [2.45, 2.75) is 65.7 Å². The molecule has 102 valence electrons. The summed E-state index contributed by atoms with van der Waals surface area (Å²) in [5, 5.41) is 2.21. The Morgan fingerprint density at radius 1 is 1.17 bits per heavy atom. The van der Waals surface area contributed by atoms with Crippen molar-refractivity contribution in [2.75, 3.05) is 0 Å². The first kappa shape index (κ1) is 14.1. The molecule has 0 aliphatic heterocycles. The van der Waals surface area contributed by atoms with Crippen LogP contribution in [-0.2, 0) is 5.41 Å². The molecule has 0 saturated heterocycles. The average molecular weight is 264 g/mol. The second-order valence-corrected chi connectivity index (χ2v) is 8.76. The minimum atomic E-state index is 0.367. The summed E-state index contributed by atoms with van der Waals surface area (Å²) in [5.74, 6) is 1.87. The van der Waals surface area contributed by atoms with Crippen LogP contribution in [-0.4, -0.2) is 0 Å². The summed E-state index contributed by atoms with van der Waals surface area (Å²) in [6, 6.07) is 4.50. The minimum absolute atomic E-state index is 0.367. The molecule has 1 saturated carbocycles. The number of hydrogen-bond donors (Lipinski definition) is 0. The molecule has 1 aromatic heterocycles. The topological polar surface area (TPSA) is 0 Å². The van der Waals surface area contributed by atoms with Crippen molar-refractivity contribution in [1.82, 2.24) is 0 Å². The van der Waals surface area contributed by atoms with Crippen molar-refractivity contribution < 1.29 is 0 Å². The Morgan fingerprint density at radius 3 is 2.39 bits per heavy atom. The van der Waals surface area contributed by atoms with Crippen LogP contribution in [0.15, 0.2) is 17.5 Å². The molecule has 1 aliphatic carbocycles. The fourth-order valence-electron chi connectivity index (χ4n) is 3.53. The third kappa shape index (κ3) is 3.17. The van der Waals surface area contributed by atoms with Gasteiger partial charge in [0.05, 0.1) is 0 Å². The van der Waals surface area contributed by atoms with Gasteiger partial charge in [0.2, 0.25) is 0 Å². The summed E-state index contributed by atoms with van der Waals surface area (Å²) in [6.07, 6.45) is 5.68. The van der Waals surface area contributed by atoms with E-state index in [2.05, 4.69) is 52.1 Å². The highest BCUT2D eigenvalue weighted by molar-refractivity contribution is 7.10. The third-order valence-electron chi connectivity index (χ3n) is 4.75. The van der Waals surface area contributed by atoms with Gasteiger partial charge in [0.1, 0.15) is 0 Å². The van der Waals surface area contributed by atoms with Crippen molar-refractivity contribution in [3.63, 3.8) is 0 Å². The zero-order valence-electron chi connectivity index (χ0n) is 12.6. The lowest BCUT2D eigenvalue weighted by Gasteiger charge is -2.29. The molecule has 1 heterocycles. The van der Waals surface area contributed by atoms with Gasteiger partial charge in [-0.3, -0.25) is 0 Å². The normalized spacial score (nSPS) is 25.6. The fraction of sp³-hybridized carbons (Fsp3) is 0.765. The highest BCUT2D eigenvalue weighted by atomic mass is 32.1. The zero-order chi connectivity index (χ0) is 13.4. The molecule has 0 N–H and O–H groups in total. The van der Waals surface area contributed by atoms with Crippen LogP contribution in [0.5, 0.6) is 0 Å². The van der Waals surface area contributed by atoms with Gasteiger partial charge in [0, 0.05) is 4.88 Å². The van der Waals surface area contributed by atoms with Crippen LogP contribution in [0.2, 0.25) is 0 Å². The van der Waals surface area contributed by atoms with Crippen molar-refractivity contribution in [1.29, 1.82) is 0 Å². The molecule has 1 heteroatoms. The molecule has 18 heavy (non-hydrogen) atoms. The molecule has 0 amide bonds. The Hall–Kier alpha value is -0.300. The van der Waals surface area contributed by atoms with E-state index in [1.165, 1.54) is 25.7 Å². The number of rotatable bonds is 3. The maximum atomic E-state index is 2.42. The smallest absolute Gasteiger partial charge is 0.0102 e. The third-order valence-corrected chi connectivity index (χ3v) is 5.99. The summed E-state index contributed by atoms with van der Waals surface area (Å²) in [4.78, 5) is 1.56. The standard InChI is InChI=1S/C17H28S/c1-16(2,3)14-9-8-13(11-14)12-17(4,5)15-7-6-10-18-15/h6-7,10,13-14H,8-9,11-12H2,1-5H3. The monoisotopic (exact) mass is 264 g/mol. The second-order valence-electron chi connectivity index (χ2n) is 7.81. The average Bonchev–Trinajstić information content (AvgIpc) is 2.83. The first-order chi connectivity index (χ1) is 8.29. The number of thiophene rings is 1. The Kier molecular flexibility index (Phi) is 3.92. The largest absolute Gasteiger partial charge is 0.148 e. The molecular formula is C17H28S. The molecule has 2 atom stereocenters. The van der Waals surface area contributed by atoms with Gasteiger partial charge in [-0.25, -0.2) is 0 Å². The van der Waals surface area contributed by atoms with Gasteiger partial charge in [0.25, 0.3) is 0 Å². The lowest BCUT2D eigenvalue weighted by molar-refractivity contribution is 0.232. The molecule has 0 bridgehead atoms. The summed E-state index contributed by atoms with van der Waals surface area (Å²) >= 11 is 1.92. The summed E-state index contributed by atoms with van der Waals surface area (Å²) in [7, 11) is 0. The molecule has 2 rings (SSSR count). The first-order valence-electron chi connectivity index (χ1n) is 7.33. The molecule has 0 spiro atoms. The van der Waals surface area contributed by atoms with Crippen molar-refractivity contribution in [3.8, 4) is 0 Å². The molecule has 0 nitrogen and oxygen atoms in total.